The molecule has 2 saturated heterocycles. The van der Waals surface area contributed by atoms with Crippen LogP contribution in [-0.2, 0) is 9.47 Å². The van der Waals surface area contributed by atoms with E-state index in [4.69, 9.17) is 15.2 Å². The van der Waals surface area contributed by atoms with Gasteiger partial charge in [0.1, 0.15) is 0 Å². The van der Waals surface area contributed by atoms with Crippen LogP contribution in [0.15, 0.2) is 0 Å². The van der Waals surface area contributed by atoms with Crippen molar-refractivity contribution in [3.63, 3.8) is 0 Å². The fraction of sp³-hybridized carbons (Fsp3) is 1.00. The molecule has 2 aliphatic heterocycles. The van der Waals surface area contributed by atoms with Gasteiger partial charge in [0.05, 0.1) is 5.60 Å². The first-order valence-electron chi connectivity index (χ1n) is 7.73. The summed E-state index contributed by atoms with van der Waals surface area (Å²) in [5.74, 6) is 0.671. The zero-order valence-electron chi connectivity index (χ0n) is 11.5. The predicted octanol–water partition coefficient (Wildman–Crippen LogP) is 2.62. The van der Waals surface area contributed by atoms with E-state index < -0.39 is 0 Å². The highest BCUT2D eigenvalue weighted by molar-refractivity contribution is 5.00. The lowest BCUT2D eigenvalue weighted by Gasteiger charge is -2.50. The van der Waals surface area contributed by atoms with Gasteiger partial charge in [-0.1, -0.05) is 19.3 Å². The molecule has 1 saturated carbocycles. The molecule has 0 radical (unpaired) electrons. The predicted molar refractivity (Wildman–Crippen MR) is 71.5 cm³/mol. The van der Waals surface area contributed by atoms with Crippen LogP contribution < -0.4 is 5.73 Å². The maximum atomic E-state index is 6.74. The second kappa shape index (κ2) is 5.10. The average Bonchev–Trinajstić information content (AvgIpc) is 2.41. The monoisotopic (exact) mass is 253 g/mol. The van der Waals surface area contributed by atoms with Crippen molar-refractivity contribution in [2.24, 2.45) is 11.7 Å². The lowest BCUT2D eigenvalue weighted by atomic mass is 9.66. The molecule has 2 heterocycles. The summed E-state index contributed by atoms with van der Waals surface area (Å²) in [5.41, 5.74) is 6.94. The molecule has 1 atom stereocenters. The van der Waals surface area contributed by atoms with E-state index in [0.717, 1.165) is 32.7 Å². The minimum atomic E-state index is 0.102. The first kappa shape index (κ1) is 12.9. The van der Waals surface area contributed by atoms with E-state index in [-0.39, 0.29) is 11.1 Å². The van der Waals surface area contributed by atoms with Crippen molar-refractivity contribution < 1.29 is 9.47 Å². The lowest BCUT2D eigenvalue weighted by molar-refractivity contribution is -0.156. The highest BCUT2D eigenvalue weighted by Crippen LogP contribution is 2.44. The van der Waals surface area contributed by atoms with Crippen molar-refractivity contribution in [2.45, 2.75) is 68.9 Å². The van der Waals surface area contributed by atoms with Gasteiger partial charge in [0.15, 0.2) is 0 Å². The second-order valence-electron chi connectivity index (χ2n) is 6.63. The van der Waals surface area contributed by atoms with Crippen LogP contribution >= 0.6 is 0 Å². The minimum Gasteiger partial charge on any atom is -0.381 e. The molecule has 1 unspecified atom stereocenters. The fourth-order valence-corrected chi connectivity index (χ4v) is 4.23. The first-order valence-corrected chi connectivity index (χ1v) is 7.73. The molecule has 2 N–H and O–H groups in total. The van der Waals surface area contributed by atoms with E-state index >= 15 is 0 Å². The topological polar surface area (TPSA) is 44.5 Å². The zero-order chi connectivity index (χ0) is 12.5. The summed E-state index contributed by atoms with van der Waals surface area (Å²) in [5, 5.41) is 0. The lowest BCUT2D eigenvalue weighted by Crippen LogP contribution is -2.55. The van der Waals surface area contributed by atoms with Crippen molar-refractivity contribution in [1.82, 2.24) is 0 Å². The van der Waals surface area contributed by atoms with Gasteiger partial charge in [0, 0.05) is 25.4 Å². The molecule has 0 bridgehead atoms. The minimum absolute atomic E-state index is 0.102. The number of ether oxygens (including phenoxy) is 2. The fourth-order valence-electron chi connectivity index (χ4n) is 4.23. The third-order valence-corrected chi connectivity index (χ3v) is 5.49. The molecule has 3 fully saturated rings. The van der Waals surface area contributed by atoms with Gasteiger partial charge in [0.25, 0.3) is 0 Å². The number of nitrogens with two attached hydrogens (primary N) is 1. The van der Waals surface area contributed by atoms with Crippen molar-refractivity contribution in [3.8, 4) is 0 Å². The van der Waals surface area contributed by atoms with Crippen LogP contribution in [0.2, 0.25) is 0 Å². The molecule has 3 aliphatic rings. The molecule has 0 aromatic rings. The van der Waals surface area contributed by atoms with Crippen LogP contribution in [0.1, 0.15) is 57.8 Å². The van der Waals surface area contributed by atoms with Gasteiger partial charge in [-0.15, -0.1) is 0 Å². The molecule has 18 heavy (non-hydrogen) atoms. The molecule has 3 nitrogen and oxygen atoms in total. The van der Waals surface area contributed by atoms with Crippen molar-refractivity contribution in [1.29, 1.82) is 0 Å². The molecule has 3 heteroatoms. The third kappa shape index (κ3) is 2.45. The van der Waals surface area contributed by atoms with Gasteiger partial charge in [-0.25, -0.2) is 0 Å². The number of rotatable bonds is 1. The number of hydrogen-bond donors (Lipinski definition) is 1. The highest BCUT2D eigenvalue weighted by Gasteiger charge is 2.45. The summed E-state index contributed by atoms with van der Waals surface area (Å²) in [6, 6.07) is 0. The Morgan fingerprint density at radius 1 is 0.889 bits per heavy atom. The molecular formula is C15H27NO2. The Morgan fingerprint density at radius 2 is 1.61 bits per heavy atom. The molecule has 0 aromatic carbocycles. The largest absolute Gasteiger partial charge is 0.381 e. The highest BCUT2D eigenvalue weighted by atomic mass is 16.5. The van der Waals surface area contributed by atoms with Crippen molar-refractivity contribution >= 4 is 0 Å². The molecule has 0 amide bonds. The molecule has 1 aliphatic carbocycles. The van der Waals surface area contributed by atoms with Gasteiger partial charge >= 0.3 is 0 Å². The summed E-state index contributed by atoms with van der Waals surface area (Å²) in [6.07, 6.45) is 11.0. The molecule has 3 rings (SSSR count). The Bertz CT molecular complexity index is 261. The van der Waals surface area contributed by atoms with Crippen molar-refractivity contribution in [2.75, 3.05) is 19.8 Å². The van der Waals surface area contributed by atoms with E-state index in [1.165, 1.54) is 44.9 Å². The Morgan fingerprint density at radius 3 is 2.33 bits per heavy atom. The molecule has 0 aromatic heterocycles. The van der Waals surface area contributed by atoms with Gasteiger partial charge in [-0.2, -0.15) is 0 Å². The maximum absolute atomic E-state index is 6.74. The third-order valence-electron chi connectivity index (χ3n) is 5.49. The molecule has 104 valence electrons. The van der Waals surface area contributed by atoms with Crippen LogP contribution in [0.4, 0.5) is 0 Å². The van der Waals surface area contributed by atoms with Gasteiger partial charge in [-0.05, 0) is 44.4 Å². The summed E-state index contributed by atoms with van der Waals surface area (Å²) < 4.78 is 11.6. The Kier molecular flexibility index (Phi) is 3.65. The SMILES string of the molecule is NC1(C2CCOC3(CCOCC3)C2)CCCCC1. The van der Waals surface area contributed by atoms with E-state index in [1.54, 1.807) is 0 Å². The van der Waals surface area contributed by atoms with Crippen LogP contribution in [0.25, 0.3) is 0 Å². The van der Waals surface area contributed by atoms with Gasteiger partial charge in [0.2, 0.25) is 0 Å². The summed E-state index contributed by atoms with van der Waals surface area (Å²) in [7, 11) is 0. The Hall–Kier alpha value is -0.120. The Labute approximate surface area is 110 Å². The quantitative estimate of drug-likeness (QED) is 0.781. The van der Waals surface area contributed by atoms with Crippen LogP contribution in [0, 0.1) is 5.92 Å². The molecule has 1 spiro atoms. The van der Waals surface area contributed by atoms with Crippen LogP contribution in [-0.4, -0.2) is 31.0 Å². The Balaban J connectivity index is 1.69. The summed E-state index contributed by atoms with van der Waals surface area (Å²) in [4.78, 5) is 0. The van der Waals surface area contributed by atoms with Crippen molar-refractivity contribution in [3.05, 3.63) is 0 Å². The van der Waals surface area contributed by atoms with E-state index in [2.05, 4.69) is 0 Å². The van der Waals surface area contributed by atoms with E-state index in [1.807, 2.05) is 0 Å². The normalized spacial score (nSPS) is 35.5. The van der Waals surface area contributed by atoms with Crippen LogP contribution in [0.3, 0.4) is 0 Å². The van der Waals surface area contributed by atoms with Gasteiger partial charge < -0.3 is 15.2 Å². The summed E-state index contributed by atoms with van der Waals surface area (Å²) in [6.45, 7) is 2.64. The van der Waals surface area contributed by atoms with E-state index in [9.17, 15) is 0 Å². The maximum Gasteiger partial charge on any atom is 0.0729 e. The van der Waals surface area contributed by atoms with Gasteiger partial charge in [-0.3, -0.25) is 0 Å². The number of hydrogen-bond acceptors (Lipinski definition) is 3. The second-order valence-corrected chi connectivity index (χ2v) is 6.63. The average molecular weight is 253 g/mol. The van der Waals surface area contributed by atoms with E-state index in [0.29, 0.717) is 5.92 Å². The smallest absolute Gasteiger partial charge is 0.0729 e. The summed E-state index contributed by atoms with van der Waals surface area (Å²) >= 11 is 0. The van der Waals surface area contributed by atoms with Crippen LogP contribution in [0.5, 0.6) is 0 Å². The molecular weight excluding hydrogens is 226 g/mol. The zero-order valence-corrected chi connectivity index (χ0v) is 11.5. The first-order chi connectivity index (χ1) is 8.73. The standard InChI is InChI=1S/C15H27NO2/c16-15(5-2-1-3-6-15)13-4-9-18-14(12-13)7-10-17-11-8-14/h13H,1-12,16H2.